The maximum absolute atomic E-state index is 12.1. The molecule has 7 heteroatoms. The van der Waals surface area contributed by atoms with Crippen molar-refractivity contribution < 1.29 is 14.4 Å². The highest BCUT2D eigenvalue weighted by Crippen LogP contribution is 2.15. The van der Waals surface area contributed by atoms with Crippen LogP contribution in [0.4, 0.5) is 0 Å². The van der Waals surface area contributed by atoms with E-state index in [2.05, 4.69) is 20.4 Å². The van der Waals surface area contributed by atoms with Gasteiger partial charge in [0.15, 0.2) is 0 Å². The number of rotatable bonds is 7. The Morgan fingerprint density at radius 2 is 1.92 bits per heavy atom. The number of benzene rings is 1. The monoisotopic (exact) mass is 338 g/mol. The number of pyridine rings is 1. The number of amides is 1. The largest absolute Gasteiger partial charge is 0.394 e. The summed E-state index contributed by atoms with van der Waals surface area (Å²) in [6.45, 7) is -0.164. The second-order valence-corrected chi connectivity index (χ2v) is 5.46. The standard InChI is InChI=1S/C18H18N4O3/c23-12-15(13-4-2-1-3-5-13)20-16(24)6-7-17-21-18(22-25-17)14-8-10-19-11-9-14/h1-5,8-11,15,23H,6-7,12H2,(H,20,24)/t15-/m0/s1. The average molecular weight is 338 g/mol. The van der Waals surface area contributed by atoms with Crippen molar-refractivity contribution in [2.24, 2.45) is 0 Å². The van der Waals surface area contributed by atoms with Gasteiger partial charge in [-0.15, -0.1) is 0 Å². The van der Waals surface area contributed by atoms with Crippen LogP contribution in [0, 0.1) is 0 Å². The molecular weight excluding hydrogens is 320 g/mol. The van der Waals surface area contributed by atoms with Gasteiger partial charge in [-0.25, -0.2) is 0 Å². The average Bonchev–Trinajstić information content (AvgIpc) is 3.15. The van der Waals surface area contributed by atoms with Crippen LogP contribution in [0.1, 0.15) is 23.9 Å². The molecule has 1 atom stereocenters. The molecule has 2 heterocycles. The molecule has 0 unspecified atom stereocenters. The number of hydrogen-bond acceptors (Lipinski definition) is 6. The number of aliphatic hydroxyl groups is 1. The van der Waals surface area contributed by atoms with Gasteiger partial charge in [0, 0.05) is 30.8 Å². The topological polar surface area (TPSA) is 101 Å². The Bertz CT molecular complexity index is 805. The molecule has 0 spiro atoms. The summed E-state index contributed by atoms with van der Waals surface area (Å²) in [6, 6.07) is 12.5. The molecule has 2 N–H and O–H groups in total. The fourth-order valence-electron chi connectivity index (χ4n) is 2.38. The van der Waals surface area contributed by atoms with E-state index < -0.39 is 6.04 Å². The molecule has 0 aliphatic heterocycles. The Hall–Kier alpha value is -3.06. The molecule has 128 valence electrons. The minimum Gasteiger partial charge on any atom is -0.394 e. The molecule has 0 radical (unpaired) electrons. The number of carbonyl (C=O) groups is 1. The van der Waals surface area contributed by atoms with Crippen molar-refractivity contribution in [2.75, 3.05) is 6.61 Å². The molecule has 0 saturated carbocycles. The van der Waals surface area contributed by atoms with Gasteiger partial charge in [-0.1, -0.05) is 35.5 Å². The minimum absolute atomic E-state index is 0.164. The zero-order valence-corrected chi connectivity index (χ0v) is 13.5. The molecule has 0 aliphatic carbocycles. The Morgan fingerprint density at radius 3 is 2.64 bits per heavy atom. The van der Waals surface area contributed by atoms with E-state index in [0.29, 0.717) is 18.1 Å². The van der Waals surface area contributed by atoms with Crippen molar-refractivity contribution in [2.45, 2.75) is 18.9 Å². The van der Waals surface area contributed by atoms with Crippen LogP contribution in [0.25, 0.3) is 11.4 Å². The van der Waals surface area contributed by atoms with Crippen LogP contribution in [0.15, 0.2) is 59.4 Å². The van der Waals surface area contributed by atoms with Gasteiger partial charge in [0.05, 0.1) is 12.6 Å². The molecule has 1 amide bonds. The van der Waals surface area contributed by atoms with Gasteiger partial charge >= 0.3 is 0 Å². The molecule has 0 aliphatic rings. The third kappa shape index (κ3) is 4.48. The first-order valence-corrected chi connectivity index (χ1v) is 7.94. The van der Waals surface area contributed by atoms with Gasteiger partial charge in [-0.3, -0.25) is 9.78 Å². The van der Waals surface area contributed by atoms with E-state index in [1.807, 2.05) is 30.3 Å². The van der Waals surface area contributed by atoms with E-state index in [9.17, 15) is 9.90 Å². The minimum atomic E-state index is -0.427. The van der Waals surface area contributed by atoms with Gasteiger partial charge in [-0.2, -0.15) is 4.98 Å². The maximum Gasteiger partial charge on any atom is 0.227 e. The predicted octanol–water partition coefficient (Wildman–Crippen LogP) is 1.91. The number of aryl methyl sites for hydroxylation is 1. The lowest BCUT2D eigenvalue weighted by molar-refractivity contribution is -0.122. The first-order chi connectivity index (χ1) is 12.3. The fraction of sp³-hybridized carbons (Fsp3) is 0.222. The summed E-state index contributed by atoms with van der Waals surface area (Å²) in [6.07, 6.45) is 3.83. The summed E-state index contributed by atoms with van der Waals surface area (Å²) in [5.74, 6) is 0.670. The van der Waals surface area contributed by atoms with E-state index in [1.165, 1.54) is 0 Å². The van der Waals surface area contributed by atoms with E-state index in [1.54, 1.807) is 24.5 Å². The number of nitrogens with zero attached hydrogens (tertiary/aromatic N) is 3. The number of hydrogen-bond donors (Lipinski definition) is 2. The SMILES string of the molecule is O=C(CCc1nc(-c2ccncc2)no1)N[C@@H](CO)c1ccccc1. The molecule has 0 saturated heterocycles. The second-order valence-electron chi connectivity index (χ2n) is 5.46. The third-order valence-electron chi connectivity index (χ3n) is 3.69. The Labute approximate surface area is 144 Å². The van der Waals surface area contributed by atoms with Crippen LogP contribution in [0.2, 0.25) is 0 Å². The van der Waals surface area contributed by atoms with Crippen LogP contribution < -0.4 is 5.32 Å². The van der Waals surface area contributed by atoms with Crippen LogP contribution >= 0.6 is 0 Å². The Kier molecular flexibility index (Phi) is 5.48. The van der Waals surface area contributed by atoms with Gasteiger partial charge in [0.1, 0.15) is 0 Å². The number of aromatic nitrogens is 3. The molecule has 0 fully saturated rings. The zero-order chi connectivity index (χ0) is 17.5. The van der Waals surface area contributed by atoms with Gasteiger partial charge in [0.2, 0.25) is 17.6 Å². The van der Waals surface area contributed by atoms with E-state index >= 15 is 0 Å². The van der Waals surface area contributed by atoms with E-state index in [4.69, 9.17) is 4.52 Å². The number of nitrogens with one attached hydrogen (secondary N) is 1. The molecule has 1 aromatic carbocycles. The molecule has 25 heavy (non-hydrogen) atoms. The van der Waals surface area contributed by atoms with Crippen molar-refractivity contribution in [3.63, 3.8) is 0 Å². The second kappa shape index (κ2) is 8.16. The lowest BCUT2D eigenvalue weighted by atomic mass is 10.1. The highest BCUT2D eigenvalue weighted by Gasteiger charge is 2.15. The lowest BCUT2D eigenvalue weighted by Gasteiger charge is -2.16. The summed E-state index contributed by atoms with van der Waals surface area (Å²) in [5.41, 5.74) is 1.66. The molecular formula is C18H18N4O3. The number of aliphatic hydroxyl groups excluding tert-OH is 1. The molecule has 0 bridgehead atoms. The molecule has 3 aromatic rings. The highest BCUT2D eigenvalue weighted by molar-refractivity contribution is 5.76. The van der Waals surface area contributed by atoms with Gasteiger partial charge in [-0.05, 0) is 17.7 Å². The third-order valence-corrected chi connectivity index (χ3v) is 3.69. The van der Waals surface area contributed by atoms with Crippen LogP contribution in [-0.4, -0.2) is 32.7 Å². The quantitative estimate of drug-likeness (QED) is 0.682. The summed E-state index contributed by atoms with van der Waals surface area (Å²) in [5, 5.41) is 16.2. The van der Waals surface area contributed by atoms with Gasteiger partial charge in [0.25, 0.3) is 0 Å². The summed E-state index contributed by atoms with van der Waals surface area (Å²) < 4.78 is 5.17. The van der Waals surface area contributed by atoms with Crippen LogP contribution in [0.5, 0.6) is 0 Å². The fourth-order valence-corrected chi connectivity index (χ4v) is 2.38. The van der Waals surface area contributed by atoms with E-state index in [-0.39, 0.29) is 18.9 Å². The van der Waals surface area contributed by atoms with Crippen molar-refractivity contribution in [1.82, 2.24) is 20.4 Å². The number of carbonyl (C=O) groups excluding carboxylic acids is 1. The smallest absolute Gasteiger partial charge is 0.227 e. The van der Waals surface area contributed by atoms with Crippen LogP contribution in [-0.2, 0) is 11.2 Å². The lowest BCUT2D eigenvalue weighted by Crippen LogP contribution is -2.30. The predicted molar refractivity (Wildman–Crippen MR) is 90.3 cm³/mol. The van der Waals surface area contributed by atoms with Crippen molar-refractivity contribution in [3.05, 3.63) is 66.3 Å². The normalized spacial score (nSPS) is 11.9. The Morgan fingerprint density at radius 1 is 1.16 bits per heavy atom. The first kappa shape index (κ1) is 16.8. The van der Waals surface area contributed by atoms with Crippen LogP contribution in [0.3, 0.4) is 0 Å². The molecule has 3 rings (SSSR count). The zero-order valence-electron chi connectivity index (χ0n) is 13.5. The molecule has 2 aromatic heterocycles. The highest BCUT2D eigenvalue weighted by atomic mass is 16.5. The van der Waals surface area contributed by atoms with E-state index in [0.717, 1.165) is 11.1 Å². The summed E-state index contributed by atoms with van der Waals surface area (Å²) >= 11 is 0. The van der Waals surface area contributed by atoms with Crippen molar-refractivity contribution >= 4 is 5.91 Å². The summed E-state index contributed by atoms with van der Waals surface area (Å²) in [4.78, 5) is 20.3. The molecule has 7 nitrogen and oxygen atoms in total. The maximum atomic E-state index is 12.1. The summed E-state index contributed by atoms with van der Waals surface area (Å²) in [7, 11) is 0. The van der Waals surface area contributed by atoms with Crippen molar-refractivity contribution in [3.8, 4) is 11.4 Å². The first-order valence-electron chi connectivity index (χ1n) is 7.94. The Balaban J connectivity index is 1.55. The van der Waals surface area contributed by atoms with Gasteiger partial charge < -0.3 is 14.9 Å². The van der Waals surface area contributed by atoms with Crippen molar-refractivity contribution in [1.29, 1.82) is 0 Å².